The summed E-state index contributed by atoms with van der Waals surface area (Å²) in [5, 5.41) is 4.86. The SMILES string of the molecule is CC(N)C(n1cc(Cl)cn1)C(C)(C)C. The molecule has 2 atom stereocenters. The van der Waals surface area contributed by atoms with Crippen molar-refractivity contribution in [2.24, 2.45) is 11.1 Å². The molecule has 4 heteroatoms. The predicted molar refractivity (Wildman–Crippen MR) is 59.4 cm³/mol. The summed E-state index contributed by atoms with van der Waals surface area (Å²) in [5.41, 5.74) is 6.03. The fourth-order valence-corrected chi connectivity index (χ4v) is 2.04. The van der Waals surface area contributed by atoms with Gasteiger partial charge < -0.3 is 5.73 Å². The van der Waals surface area contributed by atoms with Gasteiger partial charge in [-0.1, -0.05) is 32.4 Å². The van der Waals surface area contributed by atoms with Crippen LogP contribution < -0.4 is 5.73 Å². The number of nitrogens with zero attached hydrogens (tertiary/aromatic N) is 2. The van der Waals surface area contributed by atoms with Crippen molar-refractivity contribution in [2.75, 3.05) is 0 Å². The summed E-state index contributed by atoms with van der Waals surface area (Å²) >= 11 is 5.84. The highest BCUT2D eigenvalue weighted by Crippen LogP contribution is 2.32. The van der Waals surface area contributed by atoms with E-state index in [4.69, 9.17) is 17.3 Å². The third kappa shape index (κ3) is 2.49. The number of hydrogen-bond donors (Lipinski definition) is 1. The number of nitrogens with two attached hydrogens (primary N) is 1. The largest absolute Gasteiger partial charge is 0.326 e. The summed E-state index contributed by atoms with van der Waals surface area (Å²) < 4.78 is 1.85. The lowest BCUT2D eigenvalue weighted by molar-refractivity contribution is 0.196. The lowest BCUT2D eigenvalue weighted by Crippen LogP contribution is -2.38. The van der Waals surface area contributed by atoms with Crippen molar-refractivity contribution in [3.05, 3.63) is 17.4 Å². The maximum absolute atomic E-state index is 5.96. The summed E-state index contributed by atoms with van der Waals surface area (Å²) in [6, 6.07) is 0.209. The van der Waals surface area contributed by atoms with E-state index in [1.807, 2.05) is 17.8 Å². The molecule has 0 aliphatic heterocycles. The number of hydrogen-bond acceptors (Lipinski definition) is 2. The number of aromatic nitrogens is 2. The minimum atomic E-state index is 0.0472. The van der Waals surface area contributed by atoms with Gasteiger partial charge in [0.15, 0.2) is 0 Å². The molecule has 0 spiro atoms. The number of halogens is 1. The molecule has 80 valence electrons. The fraction of sp³-hybridized carbons (Fsp3) is 0.700. The molecule has 1 rings (SSSR count). The highest BCUT2D eigenvalue weighted by Gasteiger charge is 2.30. The zero-order valence-corrected chi connectivity index (χ0v) is 9.92. The summed E-state index contributed by atoms with van der Waals surface area (Å²) in [5.74, 6) is 0. The second-order valence-corrected chi connectivity index (χ2v) is 5.24. The molecule has 0 radical (unpaired) electrons. The van der Waals surface area contributed by atoms with E-state index in [0.29, 0.717) is 5.02 Å². The monoisotopic (exact) mass is 215 g/mol. The molecule has 2 unspecified atom stereocenters. The van der Waals surface area contributed by atoms with Crippen molar-refractivity contribution in [3.8, 4) is 0 Å². The minimum absolute atomic E-state index is 0.0472. The van der Waals surface area contributed by atoms with Crippen LogP contribution >= 0.6 is 11.6 Å². The Hall–Kier alpha value is -0.540. The van der Waals surface area contributed by atoms with Crippen LogP contribution in [-0.4, -0.2) is 15.8 Å². The molecule has 0 saturated heterocycles. The quantitative estimate of drug-likeness (QED) is 0.824. The molecular formula is C10H18ClN3. The van der Waals surface area contributed by atoms with Crippen molar-refractivity contribution in [1.82, 2.24) is 9.78 Å². The maximum atomic E-state index is 5.96. The molecule has 1 aromatic rings. The first kappa shape index (κ1) is 11.5. The second-order valence-electron chi connectivity index (χ2n) is 4.81. The van der Waals surface area contributed by atoms with E-state index in [1.165, 1.54) is 0 Å². The molecular weight excluding hydrogens is 198 g/mol. The van der Waals surface area contributed by atoms with Crippen LogP contribution in [0.2, 0.25) is 5.02 Å². The average molecular weight is 216 g/mol. The topological polar surface area (TPSA) is 43.8 Å². The van der Waals surface area contributed by atoms with Crippen molar-refractivity contribution < 1.29 is 0 Å². The van der Waals surface area contributed by atoms with Gasteiger partial charge in [-0.3, -0.25) is 4.68 Å². The molecule has 1 heterocycles. The summed E-state index contributed by atoms with van der Waals surface area (Å²) in [6.45, 7) is 8.44. The van der Waals surface area contributed by atoms with Crippen LogP contribution in [0.4, 0.5) is 0 Å². The molecule has 0 aliphatic rings. The molecule has 14 heavy (non-hydrogen) atoms. The van der Waals surface area contributed by atoms with E-state index in [-0.39, 0.29) is 17.5 Å². The van der Waals surface area contributed by atoms with Crippen LogP contribution in [-0.2, 0) is 0 Å². The predicted octanol–water partition coefficient (Wildman–Crippen LogP) is 2.47. The highest BCUT2D eigenvalue weighted by molar-refractivity contribution is 6.30. The summed E-state index contributed by atoms with van der Waals surface area (Å²) in [7, 11) is 0. The van der Waals surface area contributed by atoms with Crippen LogP contribution in [0, 0.1) is 5.41 Å². The third-order valence-electron chi connectivity index (χ3n) is 2.24. The molecule has 3 nitrogen and oxygen atoms in total. The highest BCUT2D eigenvalue weighted by atomic mass is 35.5. The Morgan fingerprint density at radius 3 is 2.36 bits per heavy atom. The summed E-state index contributed by atoms with van der Waals surface area (Å²) in [6.07, 6.45) is 3.46. The zero-order chi connectivity index (χ0) is 10.9. The van der Waals surface area contributed by atoms with Crippen molar-refractivity contribution >= 4 is 11.6 Å². The van der Waals surface area contributed by atoms with Gasteiger partial charge in [0.25, 0.3) is 0 Å². The molecule has 0 fully saturated rings. The molecule has 1 aromatic heterocycles. The van der Waals surface area contributed by atoms with Crippen molar-refractivity contribution in [2.45, 2.75) is 39.8 Å². The van der Waals surface area contributed by atoms with Crippen LogP contribution in [0.5, 0.6) is 0 Å². The van der Waals surface area contributed by atoms with Crippen molar-refractivity contribution in [1.29, 1.82) is 0 Å². The Balaban J connectivity index is 3.01. The van der Waals surface area contributed by atoms with Gasteiger partial charge >= 0.3 is 0 Å². The van der Waals surface area contributed by atoms with Gasteiger partial charge in [0.2, 0.25) is 0 Å². The Kier molecular flexibility index (Phi) is 3.22. The van der Waals surface area contributed by atoms with Crippen LogP contribution in [0.1, 0.15) is 33.7 Å². The Morgan fingerprint density at radius 2 is 2.07 bits per heavy atom. The molecule has 0 aliphatic carbocycles. The van der Waals surface area contributed by atoms with Crippen LogP contribution in [0.15, 0.2) is 12.4 Å². The zero-order valence-electron chi connectivity index (χ0n) is 9.16. The molecule has 0 bridgehead atoms. The van der Waals surface area contributed by atoms with E-state index >= 15 is 0 Å². The van der Waals surface area contributed by atoms with Gasteiger partial charge in [-0.2, -0.15) is 5.10 Å². The van der Waals surface area contributed by atoms with Gasteiger partial charge in [0, 0.05) is 12.2 Å². The van der Waals surface area contributed by atoms with E-state index in [9.17, 15) is 0 Å². The number of rotatable bonds is 2. The molecule has 0 amide bonds. The van der Waals surface area contributed by atoms with E-state index in [2.05, 4.69) is 25.9 Å². The van der Waals surface area contributed by atoms with E-state index in [1.54, 1.807) is 6.20 Å². The van der Waals surface area contributed by atoms with Gasteiger partial charge in [-0.25, -0.2) is 0 Å². The first-order valence-corrected chi connectivity index (χ1v) is 5.15. The van der Waals surface area contributed by atoms with Gasteiger partial charge in [-0.05, 0) is 12.3 Å². The van der Waals surface area contributed by atoms with Crippen molar-refractivity contribution in [3.63, 3.8) is 0 Å². The van der Waals surface area contributed by atoms with E-state index in [0.717, 1.165) is 0 Å². The van der Waals surface area contributed by atoms with Gasteiger partial charge in [-0.15, -0.1) is 0 Å². The maximum Gasteiger partial charge on any atom is 0.0785 e. The third-order valence-corrected chi connectivity index (χ3v) is 2.44. The summed E-state index contributed by atoms with van der Waals surface area (Å²) in [4.78, 5) is 0. The lowest BCUT2D eigenvalue weighted by Gasteiger charge is -2.33. The Bertz CT molecular complexity index is 299. The van der Waals surface area contributed by atoms with Gasteiger partial charge in [0.05, 0.1) is 17.3 Å². The minimum Gasteiger partial charge on any atom is -0.326 e. The standard InChI is InChI=1S/C10H18ClN3/c1-7(12)9(10(2,3)4)14-6-8(11)5-13-14/h5-7,9H,12H2,1-4H3. The van der Waals surface area contributed by atoms with E-state index < -0.39 is 0 Å². The van der Waals surface area contributed by atoms with Crippen LogP contribution in [0.3, 0.4) is 0 Å². The Morgan fingerprint density at radius 1 is 1.50 bits per heavy atom. The molecule has 2 N–H and O–H groups in total. The normalized spacial score (nSPS) is 16.7. The first-order chi connectivity index (χ1) is 6.32. The lowest BCUT2D eigenvalue weighted by atomic mass is 9.83. The Labute approximate surface area is 90.2 Å². The molecule has 0 aromatic carbocycles. The fourth-order valence-electron chi connectivity index (χ4n) is 1.89. The first-order valence-electron chi connectivity index (χ1n) is 4.77. The van der Waals surface area contributed by atoms with Gasteiger partial charge in [0.1, 0.15) is 0 Å². The average Bonchev–Trinajstić information content (AvgIpc) is 2.31. The second kappa shape index (κ2) is 3.91. The van der Waals surface area contributed by atoms with Crippen LogP contribution in [0.25, 0.3) is 0 Å². The molecule has 0 saturated carbocycles. The smallest absolute Gasteiger partial charge is 0.0785 e.